The number of carbonyl (C=O) groups is 2. The van der Waals surface area contributed by atoms with Crippen LogP contribution in [0.15, 0.2) is 18.2 Å². The van der Waals surface area contributed by atoms with Crippen molar-refractivity contribution in [2.75, 3.05) is 20.6 Å². The van der Waals surface area contributed by atoms with Gasteiger partial charge in [0.15, 0.2) is 0 Å². The average Bonchev–Trinajstić information content (AvgIpc) is 2.50. The maximum absolute atomic E-state index is 13.8. The lowest BCUT2D eigenvalue weighted by atomic mass is 9.94. The van der Waals surface area contributed by atoms with Crippen LogP contribution in [0.5, 0.6) is 0 Å². The molecule has 0 radical (unpaired) electrons. The van der Waals surface area contributed by atoms with E-state index < -0.39 is 23.6 Å². The van der Waals surface area contributed by atoms with Crippen LogP contribution in [0.3, 0.4) is 0 Å². The van der Waals surface area contributed by atoms with Crippen molar-refractivity contribution >= 4 is 11.8 Å². The second kappa shape index (κ2) is 6.42. The highest BCUT2D eigenvalue weighted by Crippen LogP contribution is 2.27. The van der Waals surface area contributed by atoms with Crippen LogP contribution in [-0.4, -0.2) is 42.3 Å². The number of likely N-dealkylation sites (tertiary alicyclic amines) is 1. The first-order valence-electron chi connectivity index (χ1n) is 7.27. The minimum Gasteiger partial charge on any atom is -0.346 e. The summed E-state index contributed by atoms with van der Waals surface area (Å²) in [5, 5.41) is 0. The number of hydrogen-bond donors (Lipinski definition) is 0. The molecular weight excluding hydrogens is 290 g/mol. The van der Waals surface area contributed by atoms with Crippen LogP contribution >= 0.6 is 0 Å². The molecule has 1 aromatic carbocycles. The van der Waals surface area contributed by atoms with Crippen molar-refractivity contribution in [2.45, 2.75) is 25.8 Å². The minimum absolute atomic E-state index is 0.0670. The fourth-order valence-electron chi connectivity index (χ4n) is 2.68. The van der Waals surface area contributed by atoms with Crippen molar-refractivity contribution in [1.82, 2.24) is 9.80 Å². The molecule has 0 N–H and O–H groups in total. The molecule has 1 aliphatic heterocycles. The molecule has 0 bridgehead atoms. The van der Waals surface area contributed by atoms with Crippen molar-refractivity contribution < 1.29 is 18.4 Å². The van der Waals surface area contributed by atoms with Crippen molar-refractivity contribution in [3.05, 3.63) is 35.4 Å². The molecule has 0 saturated carbocycles. The normalized spacial score (nSPS) is 20.0. The first-order valence-corrected chi connectivity index (χ1v) is 7.27. The lowest BCUT2D eigenvalue weighted by Crippen LogP contribution is -2.43. The zero-order chi connectivity index (χ0) is 16.4. The van der Waals surface area contributed by atoms with Gasteiger partial charge in [0.05, 0.1) is 6.04 Å². The lowest BCUT2D eigenvalue weighted by molar-refractivity contribution is -0.144. The summed E-state index contributed by atoms with van der Waals surface area (Å²) in [7, 11) is 3.26. The largest absolute Gasteiger partial charge is 0.346 e. The number of hydrogen-bond acceptors (Lipinski definition) is 2. The summed E-state index contributed by atoms with van der Waals surface area (Å²) in [4.78, 5) is 27.2. The van der Waals surface area contributed by atoms with Gasteiger partial charge in [-0.1, -0.05) is 0 Å². The molecule has 0 unspecified atom stereocenters. The SMILES string of the molecule is C[C@@H](c1cc(F)ccc1F)N(C)C(=O)[C@@H]1CCN(C)C(=O)C1. The van der Waals surface area contributed by atoms with E-state index in [9.17, 15) is 18.4 Å². The fraction of sp³-hybridized carbons (Fsp3) is 0.500. The fourth-order valence-corrected chi connectivity index (χ4v) is 2.68. The number of halogens is 2. The Bertz CT molecular complexity index is 592. The zero-order valence-electron chi connectivity index (χ0n) is 13.0. The molecule has 22 heavy (non-hydrogen) atoms. The monoisotopic (exact) mass is 310 g/mol. The van der Waals surface area contributed by atoms with Gasteiger partial charge in [-0.25, -0.2) is 8.78 Å². The van der Waals surface area contributed by atoms with Crippen LogP contribution in [0, 0.1) is 17.6 Å². The Hall–Kier alpha value is -1.98. The van der Waals surface area contributed by atoms with E-state index in [0.29, 0.717) is 13.0 Å². The highest BCUT2D eigenvalue weighted by Gasteiger charge is 2.32. The van der Waals surface area contributed by atoms with Gasteiger partial charge in [-0.3, -0.25) is 9.59 Å². The van der Waals surface area contributed by atoms with Gasteiger partial charge in [0.25, 0.3) is 0 Å². The van der Waals surface area contributed by atoms with Crippen molar-refractivity contribution in [2.24, 2.45) is 5.92 Å². The van der Waals surface area contributed by atoms with Crippen molar-refractivity contribution in [1.29, 1.82) is 0 Å². The Morgan fingerprint density at radius 1 is 1.41 bits per heavy atom. The van der Waals surface area contributed by atoms with Gasteiger partial charge in [-0.2, -0.15) is 0 Å². The number of carbonyl (C=O) groups excluding carboxylic acids is 2. The number of piperidine rings is 1. The van der Waals surface area contributed by atoms with E-state index in [0.717, 1.165) is 18.2 Å². The third-order valence-corrected chi connectivity index (χ3v) is 4.35. The summed E-state index contributed by atoms with van der Waals surface area (Å²) in [5.74, 6) is -1.76. The molecule has 2 rings (SSSR count). The van der Waals surface area contributed by atoms with Crippen molar-refractivity contribution in [3.8, 4) is 0 Å². The van der Waals surface area contributed by atoms with Gasteiger partial charge in [0.1, 0.15) is 11.6 Å². The molecule has 0 aliphatic carbocycles. The van der Waals surface area contributed by atoms with Gasteiger partial charge in [0.2, 0.25) is 11.8 Å². The molecule has 1 fully saturated rings. The van der Waals surface area contributed by atoms with Crippen LogP contribution in [0.2, 0.25) is 0 Å². The van der Waals surface area contributed by atoms with Crippen LogP contribution in [0.4, 0.5) is 8.78 Å². The van der Waals surface area contributed by atoms with Crippen LogP contribution in [0.25, 0.3) is 0 Å². The lowest BCUT2D eigenvalue weighted by Gasteiger charge is -2.33. The van der Waals surface area contributed by atoms with Crippen molar-refractivity contribution in [3.63, 3.8) is 0 Å². The molecule has 120 valence electrons. The molecule has 6 heteroatoms. The van der Waals surface area contributed by atoms with Gasteiger partial charge < -0.3 is 9.80 Å². The minimum atomic E-state index is -0.599. The Labute approximate surface area is 128 Å². The Morgan fingerprint density at radius 3 is 2.73 bits per heavy atom. The maximum Gasteiger partial charge on any atom is 0.226 e. The molecule has 2 amide bonds. The molecule has 1 saturated heterocycles. The van der Waals surface area contributed by atoms with Gasteiger partial charge in [0, 0.05) is 38.5 Å². The third-order valence-electron chi connectivity index (χ3n) is 4.35. The Balaban J connectivity index is 2.13. The second-order valence-corrected chi connectivity index (χ2v) is 5.80. The molecule has 1 aromatic rings. The van der Waals surface area contributed by atoms with E-state index in [4.69, 9.17) is 0 Å². The first kappa shape index (κ1) is 16.4. The molecule has 2 atom stereocenters. The number of nitrogens with zero attached hydrogens (tertiary/aromatic N) is 2. The third kappa shape index (κ3) is 3.26. The van der Waals surface area contributed by atoms with Crippen LogP contribution < -0.4 is 0 Å². The molecule has 4 nitrogen and oxygen atoms in total. The summed E-state index contributed by atoms with van der Waals surface area (Å²) >= 11 is 0. The van der Waals surface area contributed by atoms with Gasteiger partial charge in [-0.15, -0.1) is 0 Å². The van der Waals surface area contributed by atoms with E-state index >= 15 is 0 Å². The van der Waals surface area contributed by atoms with Crippen LogP contribution in [0.1, 0.15) is 31.4 Å². The zero-order valence-corrected chi connectivity index (χ0v) is 13.0. The molecule has 0 spiro atoms. The predicted molar refractivity (Wildman–Crippen MR) is 77.9 cm³/mol. The summed E-state index contributed by atoms with van der Waals surface area (Å²) in [6, 6.07) is 2.60. The molecule has 0 aromatic heterocycles. The van der Waals surface area contributed by atoms with Crippen LogP contribution in [-0.2, 0) is 9.59 Å². The first-order chi connectivity index (χ1) is 10.3. The highest BCUT2D eigenvalue weighted by atomic mass is 19.1. The molecule has 1 heterocycles. The topological polar surface area (TPSA) is 40.6 Å². The smallest absolute Gasteiger partial charge is 0.226 e. The van der Waals surface area contributed by atoms with E-state index in [1.54, 1.807) is 25.9 Å². The maximum atomic E-state index is 13.8. The molecule has 1 aliphatic rings. The summed E-state index contributed by atoms with van der Waals surface area (Å²) in [6.07, 6.45) is 0.752. The number of benzene rings is 1. The summed E-state index contributed by atoms with van der Waals surface area (Å²) in [6.45, 7) is 2.18. The number of rotatable bonds is 3. The second-order valence-electron chi connectivity index (χ2n) is 5.80. The average molecular weight is 310 g/mol. The van der Waals surface area contributed by atoms with E-state index in [2.05, 4.69) is 0 Å². The number of amides is 2. The Morgan fingerprint density at radius 2 is 2.09 bits per heavy atom. The quantitative estimate of drug-likeness (QED) is 0.860. The van der Waals surface area contributed by atoms with Gasteiger partial charge >= 0.3 is 0 Å². The van der Waals surface area contributed by atoms with E-state index in [1.807, 2.05) is 0 Å². The highest BCUT2D eigenvalue weighted by molar-refractivity contribution is 5.87. The van der Waals surface area contributed by atoms with E-state index in [-0.39, 0.29) is 23.8 Å². The van der Waals surface area contributed by atoms with E-state index in [1.165, 1.54) is 4.90 Å². The Kier molecular flexibility index (Phi) is 4.78. The summed E-state index contributed by atoms with van der Waals surface area (Å²) in [5.41, 5.74) is 0.134. The predicted octanol–water partition coefficient (Wildman–Crippen LogP) is 2.35. The van der Waals surface area contributed by atoms with Gasteiger partial charge in [-0.05, 0) is 31.5 Å². The standard InChI is InChI=1S/C16H20F2N2O2/c1-10(13-9-12(17)4-5-14(13)18)20(3)16(22)11-6-7-19(2)15(21)8-11/h4-5,9-11H,6-8H2,1-3H3/t10-,11+/m0/s1. The summed E-state index contributed by atoms with van der Waals surface area (Å²) < 4.78 is 27.1. The molecular formula is C16H20F2N2O2.